The van der Waals surface area contributed by atoms with Crippen molar-refractivity contribution in [3.8, 4) is 33.4 Å². The van der Waals surface area contributed by atoms with Gasteiger partial charge >= 0.3 is 0 Å². The molecule has 0 saturated carbocycles. The fraction of sp³-hybridized carbons (Fsp3) is 0.283. The summed E-state index contributed by atoms with van der Waals surface area (Å²) in [6.07, 6.45) is 0. The van der Waals surface area contributed by atoms with Crippen LogP contribution in [0, 0.1) is 14.1 Å². The number of benzene rings is 6. The first-order chi connectivity index (χ1) is 27.1. The third-order valence-corrected chi connectivity index (χ3v) is 15.1. The fourth-order valence-corrected chi connectivity index (χ4v) is 11.6. The third-order valence-electron chi connectivity index (χ3n) is 12.0. The van der Waals surface area contributed by atoms with Crippen molar-refractivity contribution < 1.29 is 17.1 Å². The second kappa shape index (κ2) is 20.3. The zero-order valence-corrected chi connectivity index (χ0v) is 38.4. The van der Waals surface area contributed by atoms with Gasteiger partial charge in [-0.3, -0.25) is 0 Å². The maximum atomic E-state index is 8.78. The van der Waals surface area contributed by atoms with Crippen LogP contribution in [0.4, 0.5) is 17.1 Å². The molecule has 0 aliphatic rings. The van der Waals surface area contributed by atoms with Crippen LogP contribution in [0.1, 0.15) is 69.2 Å². The molecule has 3 nitrogen and oxygen atoms in total. The third kappa shape index (κ3) is 9.71. The molecule has 5 heteroatoms. The van der Waals surface area contributed by atoms with Gasteiger partial charge in [-0.25, -0.2) is 0 Å². The standard InChI is InChI=1S/C29H47N2P.C24H18N.Cu/c1-21(2)30(11,22(3)4)26-17-13-15-19-28(26)32(25(9)10)29-20-16-14-18-27(29)31(12,23(5)6)24(7)8;25-24-22(19-12-6-2-7-13-19)16-21(18-10-4-1-5-11-18)17-23(24)20-14-8-3-9-15-20;/h13-25H,11-12H2,1-10H3;1-17,25H;/q;-1;/p+1. The molecule has 0 saturated heterocycles. The molecule has 6 aromatic carbocycles. The fourth-order valence-electron chi connectivity index (χ4n) is 8.33. The van der Waals surface area contributed by atoms with E-state index in [1.807, 2.05) is 54.6 Å². The SMILES string of the molecule is [CH2-][N+](c1ccccc1[PH+](c1ccccc1[N+]([CH2-])(C(C)C)C(C)C)C(C)C)(C(C)C)C(C)C.[Cu].[NH-]c1c(-c2ccccc2)cc(-c2ccccc2)cc1-c1ccccc1. The molecule has 6 rings (SSSR count). The minimum Gasteiger partial charge on any atom is -0.698 e. The van der Waals surface area contributed by atoms with Gasteiger partial charge in [0.15, 0.2) is 10.6 Å². The molecule has 1 radical (unpaired) electrons. The van der Waals surface area contributed by atoms with E-state index in [0.29, 0.717) is 44.5 Å². The van der Waals surface area contributed by atoms with Crippen molar-refractivity contribution in [2.75, 3.05) is 0 Å². The number of rotatable bonds is 12. The molecule has 0 heterocycles. The largest absolute Gasteiger partial charge is 0.698 e. The maximum Gasteiger partial charge on any atom is 0.155 e. The number of nitrogens with zero attached hydrogens (tertiary/aromatic N) is 2. The van der Waals surface area contributed by atoms with Crippen LogP contribution in [0.5, 0.6) is 0 Å². The predicted molar refractivity (Wildman–Crippen MR) is 257 cm³/mol. The van der Waals surface area contributed by atoms with Gasteiger partial charge in [-0.2, -0.15) is 0 Å². The van der Waals surface area contributed by atoms with Crippen molar-refractivity contribution in [1.29, 1.82) is 0 Å². The topological polar surface area (TPSA) is 23.8 Å². The average molecular weight is 840 g/mol. The van der Waals surface area contributed by atoms with Crippen molar-refractivity contribution in [2.24, 2.45) is 0 Å². The van der Waals surface area contributed by atoms with Crippen molar-refractivity contribution in [3.05, 3.63) is 171 Å². The van der Waals surface area contributed by atoms with Crippen molar-refractivity contribution >= 4 is 35.6 Å². The second-order valence-corrected chi connectivity index (χ2v) is 19.9. The Kier molecular flexibility index (Phi) is 16.3. The molecule has 6 aromatic rings. The van der Waals surface area contributed by atoms with Gasteiger partial charge in [0, 0.05) is 29.2 Å². The van der Waals surface area contributed by atoms with Crippen LogP contribution < -0.4 is 19.6 Å². The van der Waals surface area contributed by atoms with Gasteiger partial charge in [-0.1, -0.05) is 115 Å². The Morgan fingerprint density at radius 3 is 1.02 bits per heavy atom. The Labute approximate surface area is 363 Å². The molecule has 0 unspecified atom stereocenters. The second-order valence-electron chi connectivity index (χ2n) is 16.9. The smallest absolute Gasteiger partial charge is 0.155 e. The van der Waals surface area contributed by atoms with Crippen LogP contribution in [0.3, 0.4) is 0 Å². The molecule has 1 N–H and O–H groups in total. The molecule has 309 valence electrons. The minimum atomic E-state index is -1.08. The van der Waals surface area contributed by atoms with E-state index >= 15 is 0 Å². The van der Waals surface area contributed by atoms with Gasteiger partial charge in [0.1, 0.15) is 11.4 Å². The van der Waals surface area contributed by atoms with Crippen LogP contribution in [0.25, 0.3) is 39.1 Å². The van der Waals surface area contributed by atoms with E-state index in [1.165, 1.54) is 22.0 Å². The normalized spacial score (nSPS) is 12.0. The number of nitrogens with one attached hydrogen (secondary N) is 1. The number of hydrogen-bond donors (Lipinski definition) is 0. The summed E-state index contributed by atoms with van der Waals surface area (Å²) in [4.78, 5) is 0. The van der Waals surface area contributed by atoms with Crippen LogP contribution in [-0.2, 0) is 17.1 Å². The first-order valence-electron chi connectivity index (χ1n) is 20.7. The van der Waals surface area contributed by atoms with Crippen LogP contribution in [0.15, 0.2) is 152 Å². The first kappa shape index (κ1) is 46.7. The quantitative estimate of drug-likeness (QED) is 0.0507. The van der Waals surface area contributed by atoms with Gasteiger partial charge in [0.2, 0.25) is 0 Å². The van der Waals surface area contributed by atoms with E-state index in [4.69, 9.17) is 19.8 Å². The van der Waals surface area contributed by atoms with Gasteiger partial charge < -0.3 is 14.7 Å². The zero-order chi connectivity index (χ0) is 41.5. The van der Waals surface area contributed by atoms with Crippen LogP contribution in [0.2, 0.25) is 0 Å². The van der Waals surface area contributed by atoms with E-state index in [2.05, 4.69) is 166 Å². The summed E-state index contributed by atoms with van der Waals surface area (Å²) < 4.78 is 1.41. The predicted octanol–water partition coefficient (Wildman–Crippen LogP) is 14.5. The summed E-state index contributed by atoms with van der Waals surface area (Å²) in [7, 11) is 8.52. The monoisotopic (exact) mass is 838 g/mol. The Morgan fingerprint density at radius 1 is 0.414 bits per heavy atom. The van der Waals surface area contributed by atoms with Crippen molar-refractivity contribution in [1.82, 2.24) is 8.97 Å². The Bertz CT molecular complexity index is 2030. The molecule has 0 aliphatic carbocycles. The Morgan fingerprint density at radius 2 is 0.707 bits per heavy atom. The Hall–Kier alpha value is -4.01. The zero-order valence-electron chi connectivity index (χ0n) is 36.4. The van der Waals surface area contributed by atoms with Crippen molar-refractivity contribution in [3.63, 3.8) is 0 Å². The summed E-state index contributed by atoms with van der Waals surface area (Å²) >= 11 is 0. The summed E-state index contributed by atoms with van der Waals surface area (Å²) in [6.45, 7) is 23.2. The average Bonchev–Trinajstić information content (AvgIpc) is 3.21. The molecule has 0 amide bonds. The van der Waals surface area contributed by atoms with E-state index in [-0.39, 0.29) is 17.1 Å². The minimum absolute atomic E-state index is 0. The summed E-state index contributed by atoms with van der Waals surface area (Å²) in [5.41, 5.74) is 19.0. The molecule has 0 bridgehead atoms. The van der Waals surface area contributed by atoms with E-state index in [1.54, 1.807) is 0 Å². The first-order valence-corrected chi connectivity index (χ1v) is 22.3. The number of hydrogen-bond acceptors (Lipinski definition) is 0. The maximum absolute atomic E-state index is 8.78. The summed E-state index contributed by atoms with van der Waals surface area (Å²) in [5, 5.41) is 2.99. The van der Waals surface area contributed by atoms with E-state index in [9.17, 15) is 0 Å². The molecule has 0 fully saturated rings. The molecule has 58 heavy (non-hydrogen) atoms. The molecular formula is C53H66CuN3P. The molecule has 0 aromatic heterocycles. The summed E-state index contributed by atoms with van der Waals surface area (Å²) in [6, 6.07) is 54.8. The Balaban J connectivity index is 0.000000258. The summed E-state index contributed by atoms with van der Waals surface area (Å²) in [5.74, 6) is 0. The van der Waals surface area contributed by atoms with Crippen LogP contribution >= 0.6 is 7.92 Å². The van der Waals surface area contributed by atoms with Crippen LogP contribution in [-0.4, -0.2) is 29.8 Å². The molecular weight excluding hydrogens is 773 g/mol. The van der Waals surface area contributed by atoms with E-state index in [0.717, 1.165) is 33.4 Å². The van der Waals surface area contributed by atoms with Gasteiger partial charge in [0.25, 0.3) is 0 Å². The molecule has 0 spiro atoms. The van der Waals surface area contributed by atoms with Gasteiger partial charge in [-0.05, 0) is 127 Å². The van der Waals surface area contributed by atoms with Gasteiger partial charge in [0.05, 0.1) is 37.7 Å². The molecule has 0 atom stereocenters. The number of para-hydroxylation sites is 2. The van der Waals surface area contributed by atoms with E-state index < -0.39 is 7.92 Å². The molecule has 0 aliphatic heterocycles. The van der Waals surface area contributed by atoms with Gasteiger partial charge in [-0.15, -0.1) is 19.8 Å². The van der Waals surface area contributed by atoms with Crippen molar-refractivity contribution in [2.45, 2.75) is 99.1 Å². The number of quaternary nitrogens is 2.